The van der Waals surface area contributed by atoms with E-state index >= 15 is 0 Å². The van der Waals surface area contributed by atoms with Crippen molar-refractivity contribution in [2.75, 3.05) is 6.61 Å². The summed E-state index contributed by atoms with van der Waals surface area (Å²) in [5, 5.41) is 9.12. The van der Waals surface area contributed by atoms with Crippen LogP contribution >= 0.6 is 0 Å². The Hall–Kier alpha value is -1.26. The largest absolute Gasteiger partial charge is 0.396 e. The van der Waals surface area contributed by atoms with Gasteiger partial charge in [-0.05, 0) is 23.6 Å². The summed E-state index contributed by atoms with van der Waals surface area (Å²) in [4.78, 5) is 0. The highest BCUT2D eigenvalue weighted by atomic mass is 16.3. The van der Waals surface area contributed by atoms with Gasteiger partial charge in [-0.25, -0.2) is 0 Å². The molecule has 0 aliphatic heterocycles. The van der Waals surface area contributed by atoms with E-state index in [1.807, 2.05) is 25.1 Å². The lowest BCUT2D eigenvalue weighted by Gasteiger charge is -2.14. The molecule has 0 saturated carbocycles. The van der Waals surface area contributed by atoms with E-state index < -0.39 is 0 Å². The number of aliphatic hydroxyl groups is 1. The third-order valence-corrected chi connectivity index (χ3v) is 2.53. The first-order valence-corrected chi connectivity index (χ1v) is 4.93. The fourth-order valence-electron chi connectivity index (χ4n) is 1.69. The number of rotatable bonds is 3. The van der Waals surface area contributed by atoms with Crippen LogP contribution in [0.15, 0.2) is 18.2 Å². The van der Waals surface area contributed by atoms with Crippen LogP contribution in [0.3, 0.4) is 0 Å². The van der Waals surface area contributed by atoms with Crippen molar-refractivity contribution in [2.45, 2.75) is 26.2 Å². The van der Waals surface area contributed by atoms with Gasteiger partial charge in [-0.1, -0.05) is 31.9 Å². The molecule has 1 unspecified atom stereocenters. The highest BCUT2D eigenvalue weighted by Gasteiger charge is 2.10. The molecular weight excluding hydrogens is 172 g/mol. The van der Waals surface area contributed by atoms with Crippen molar-refractivity contribution >= 4 is 0 Å². The molecule has 1 aromatic rings. The molecule has 1 atom stereocenters. The van der Waals surface area contributed by atoms with Crippen molar-refractivity contribution in [3.05, 3.63) is 34.9 Å². The SMILES string of the molecule is C#Cc1cccc(C(C)CO)c1CC. The Morgan fingerprint density at radius 2 is 2.21 bits per heavy atom. The summed E-state index contributed by atoms with van der Waals surface area (Å²) in [6.45, 7) is 4.26. The second kappa shape index (κ2) is 4.83. The van der Waals surface area contributed by atoms with Gasteiger partial charge in [-0.15, -0.1) is 6.42 Å². The lowest BCUT2D eigenvalue weighted by molar-refractivity contribution is 0.272. The van der Waals surface area contributed by atoms with Gasteiger partial charge in [0.2, 0.25) is 0 Å². The van der Waals surface area contributed by atoms with Crippen LogP contribution < -0.4 is 0 Å². The maximum Gasteiger partial charge on any atom is 0.0497 e. The third kappa shape index (κ3) is 1.97. The summed E-state index contributed by atoms with van der Waals surface area (Å²) in [7, 11) is 0. The van der Waals surface area contributed by atoms with Crippen molar-refractivity contribution in [1.29, 1.82) is 0 Å². The molecule has 1 rings (SSSR count). The Labute approximate surface area is 85.8 Å². The molecule has 1 aromatic carbocycles. The predicted molar refractivity (Wildman–Crippen MR) is 59.3 cm³/mol. The van der Waals surface area contributed by atoms with Crippen molar-refractivity contribution in [3.63, 3.8) is 0 Å². The molecule has 0 aliphatic rings. The fraction of sp³-hybridized carbons (Fsp3) is 0.385. The highest BCUT2D eigenvalue weighted by Crippen LogP contribution is 2.22. The Kier molecular flexibility index (Phi) is 3.73. The maximum absolute atomic E-state index is 9.12. The average Bonchev–Trinajstić information content (AvgIpc) is 2.26. The quantitative estimate of drug-likeness (QED) is 0.722. The van der Waals surface area contributed by atoms with Crippen LogP contribution in [0, 0.1) is 12.3 Å². The molecule has 0 aromatic heterocycles. The molecular formula is C13H16O. The number of aliphatic hydroxyl groups excluding tert-OH is 1. The van der Waals surface area contributed by atoms with Crippen LogP contribution in [0.5, 0.6) is 0 Å². The zero-order valence-corrected chi connectivity index (χ0v) is 8.75. The maximum atomic E-state index is 9.12. The second-order valence-electron chi connectivity index (χ2n) is 3.45. The van der Waals surface area contributed by atoms with E-state index in [4.69, 9.17) is 11.5 Å². The van der Waals surface area contributed by atoms with Gasteiger partial charge in [0.1, 0.15) is 0 Å². The fourth-order valence-corrected chi connectivity index (χ4v) is 1.69. The number of hydrogen-bond acceptors (Lipinski definition) is 1. The van der Waals surface area contributed by atoms with Crippen molar-refractivity contribution in [3.8, 4) is 12.3 Å². The molecule has 0 fully saturated rings. The van der Waals surface area contributed by atoms with Crippen LogP contribution in [0.2, 0.25) is 0 Å². The number of terminal acetylenes is 1. The van der Waals surface area contributed by atoms with E-state index in [0.29, 0.717) is 0 Å². The smallest absolute Gasteiger partial charge is 0.0497 e. The molecule has 0 aliphatic carbocycles. The van der Waals surface area contributed by atoms with Gasteiger partial charge in [0.05, 0.1) is 0 Å². The topological polar surface area (TPSA) is 20.2 Å². The van der Waals surface area contributed by atoms with Gasteiger partial charge in [0.15, 0.2) is 0 Å². The standard InChI is InChI=1S/C13H16O/c1-4-11-7-6-8-13(10(3)9-14)12(11)5-2/h1,6-8,10,14H,5,9H2,2-3H3. The third-order valence-electron chi connectivity index (χ3n) is 2.53. The van der Waals surface area contributed by atoms with Gasteiger partial charge in [0.25, 0.3) is 0 Å². The van der Waals surface area contributed by atoms with E-state index in [1.165, 1.54) is 11.1 Å². The Balaban J connectivity index is 3.23. The molecule has 1 nitrogen and oxygen atoms in total. The minimum Gasteiger partial charge on any atom is -0.396 e. The zero-order chi connectivity index (χ0) is 10.6. The second-order valence-corrected chi connectivity index (χ2v) is 3.45. The first-order valence-electron chi connectivity index (χ1n) is 4.93. The molecule has 0 saturated heterocycles. The van der Waals surface area contributed by atoms with Crippen LogP contribution in [-0.4, -0.2) is 11.7 Å². The monoisotopic (exact) mass is 188 g/mol. The minimum atomic E-state index is 0.165. The number of hydrogen-bond donors (Lipinski definition) is 1. The lowest BCUT2D eigenvalue weighted by atomic mass is 9.91. The molecule has 1 heteroatoms. The van der Waals surface area contributed by atoms with Crippen LogP contribution in [-0.2, 0) is 6.42 Å². The van der Waals surface area contributed by atoms with Gasteiger partial charge in [-0.3, -0.25) is 0 Å². The predicted octanol–water partition coefficient (Wildman–Crippen LogP) is 2.33. The van der Waals surface area contributed by atoms with E-state index in [2.05, 4.69) is 12.8 Å². The normalized spacial score (nSPS) is 12.1. The first-order chi connectivity index (χ1) is 6.74. The van der Waals surface area contributed by atoms with E-state index in [1.54, 1.807) is 0 Å². The summed E-state index contributed by atoms with van der Waals surface area (Å²) in [5.74, 6) is 2.85. The van der Waals surface area contributed by atoms with Crippen LogP contribution in [0.4, 0.5) is 0 Å². The molecule has 1 N–H and O–H groups in total. The van der Waals surface area contributed by atoms with Crippen molar-refractivity contribution in [2.24, 2.45) is 0 Å². The first kappa shape index (κ1) is 10.8. The summed E-state index contributed by atoms with van der Waals surface area (Å²) in [6.07, 6.45) is 6.34. The Morgan fingerprint density at radius 1 is 1.50 bits per heavy atom. The summed E-state index contributed by atoms with van der Waals surface area (Å²) < 4.78 is 0. The molecule has 0 spiro atoms. The molecule has 14 heavy (non-hydrogen) atoms. The van der Waals surface area contributed by atoms with Crippen molar-refractivity contribution in [1.82, 2.24) is 0 Å². The van der Waals surface area contributed by atoms with Gasteiger partial charge >= 0.3 is 0 Å². The zero-order valence-electron chi connectivity index (χ0n) is 8.75. The average molecular weight is 188 g/mol. The molecule has 0 bridgehead atoms. The van der Waals surface area contributed by atoms with Gasteiger partial charge < -0.3 is 5.11 Å². The summed E-state index contributed by atoms with van der Waals surface area (Å²) in [6, 6.07) is 5.95. The Morgan fingerprint density at radius 3 is 2.71 bits per heavy atom. The van der Waals surface area contributed by atoms with Crippen LogP contribution in [0.25, 0.3) is 0 Å². The molecule has 74 valence electrons. The number of benzene rings is 1. The molecule has 0 amide bonds. The van der Waals surface area contributed by atoms with Gasteiger partial charge in [-0.2, -0.15) is 0 Å². The van der Waals surface area contributed by atoms with E-state index in [9.17, 15) is 0 Å². The summed E-state index contributed by atoms with van der Waals surface area (Å²) >= 11 is 0. The van der Waals surface area contributed by atoms with Crippen LogP contribution in [0.1, 0.15) is 36.5 Å². The van der Waals surface area contributed by atoms with Crippen molar-refractivity contribution < 1.29 is 5.11 Å². The molecule has 0 heterocycles. The Bertz CT molecular complexity index is 347. The highest BCUT2D eigenvalue weighted by molar-refractivity contribution is 5.45. The lowest BCUT2D eigenvalue weighted by Crippen LogP contribution is -2.04. The minimum absolute atomic E-state index is 0.165. The molecule has 0 radical (unpaired) electrons. The van der Waals surface area contributed by atoms with E-state index in [0.717, 1.165) is 12.0 Å². The van der Waals surface area contributed by atoms with E-state index in [-0.39, 0.29) is 12.5 Å². The summed E-state index contributed by atoms with van der Waals surface area (Å²) in [5.41, 5.74) is 3.31. The van der Waals surface area contributed by atoms with Gasteiger partial charge in [0, 0.05) is 18.1 Å².